The van der Waals surface area contributed by atoms with E-state index >= 15 is 0 Å². The number of carbonyl (C=O) groups is 1. The van der Waals surface area contributed by atoms with Crippen molar-refractivity contribution in [3.63, 3.8) is 0 Å². The van der Waals surface area contributed by atoms with Gasteiger partial charge in [0.05, 0.1) is 11.4 Å². The second-order valence-corrected chi connectivity index (χ2v) is 8.76. The Morgan fingerprint density at radius 1 is 1.29 bits per heavy atom. The summed E-state index contributed by atoms with van der Waals surface area (Å²) in [7, 11) is 0. The molecule has 0 saturated carbocycles. The van der Waals surface area contributed by atoms with Crippen LogP contribution in [-0.2, 0) is 24.1 Å². The van der Waals surface area contributed by atoms with Gasteiger partial charge in [0.15, 0.2) is 0 Å². The smallest absolute Gasteiger partial charge is 0.259 e. The van der Waals surface area contributed by atoms with Crippen molar-refractivity contribution >= 4 is 39.1 Å². The molecule has 0 spiro atoms. The fourth-order valence-corrected chi connectivity index (χ4v) is 5.11. The quantitative estimate of drug-likeness (QED) is 0.651. The molecule has 146 valence electrons. The van der Waals surface area contributed by atoms with Crippen molar-refractivity contribution in [3.8, 4) is 0 Å². The maximum atomic E-state index is 12.6. The zero-order valence-corrected chi connectivity index (χ0v) is 17.3. The number of amides is 1. The molecular formula is C21H22ClN3O2S. The first kappa shape index (κ1) is 19.2. The van der Waals surface area contributed by atoms with Gasteiger partial charge in [0.25, 0.3) is 5.56 Å². The van der Waals surface area contributed by atoms with Crippen molar-refractivity contribution in [2.24, 2.45) is 0 Å². The highest BCUT2D eigenvalue weighted by Gasteiger charge is 2.20. The molecule has 3 aromatic rings. The molecule has 2 N–H and O–H groups in total. The Morgan fingerprint density at radius 2 is 2.04 bits per heavy atom. The molecule has 0 unspecified atom stereocenters. The third-order valence-corrected chi connectivity index (χ3v) is 6.65. The van der Waals surface area contributed by atoms with Gasteiger partial charge in [-0.3, -0.25) is 9.59 Å². The molecule has 28 heavy (non-hydrogen) atoms. The molecule has 2 aromatic heterocycles. The third-order valence-electron chi connectivity index (χ3n) is 5.21. The van der Waals surface area contributed by atoms with Crippen LogP contribution in [0.1, 0.15) is 54.1 Å². The molecule has 7 heteroatoms. The van der Waals surface area contributed by atoms with E-state index in [0.717, 1.165) is 35.0 Å². The second-order valence-electron chi connectivity index (χ2n) is 7.24. The minimum Gasteiger partial charge on any atom is -0.350 e. The number of rotatable bonds is 5. The lowest BCUT2D eigenvalue weighted by molar-refractivity contribution is -0.121. The van der Waals surface area contributed by atoms with Crippen LogP contribution in [0.25, 0.3) is 10.2 Å². The number of aromatic nitrogens is 2. The van der Waals surface area contributed by atoms with Crippen LogP contribution in [-0.4, -0.2) is 15.9 Å². The monoisotopic (exact) mass is 415 g/mol. The summed E-state index contributed by atoms with van der Waals surface area (Å²) in [6, 6.07) is 7.31. The van der Waals surface area contributed by atoms with Crippen LogP contribution in [0.3, 0.4) is 0 Å². The zero-order valence-electron chi connectivity index (χ0n) is 15.7. The van der Waals surface area contributed by atoms with Gasteiger partial charge in [-0.15, -0.1) is 11.3 Å². The molecule has 1 atom stereocenters. The molecule has 5 nitrogen and oxygen atoms in total. The predicted octanol–water partition coefficient (Wildman–Crippen LogP) is 4.33. The Bertz CT molecular complexity index is 1070. The van der Waals surface area contributed by atoms with Gasteiger partial charge in [0.2, 0.25) is 5.91 Å². The van der Waals surface area contributed by atoms with Gasteiger partial charge in [-0.25, -0.2) is 4.98 Å². The summed E-state index contributed by atoms with van der Waals surface area (Å²) < 4.78 is 0. The van der Waals surface area contributed by atoms with Crippen LogP contribution in [0.15, 0.2) is 29.1 Å². The van der Waals surface area contributed by atoms with E-state index in [-0.39, 0.29) is 23.9 Å². The van der Waals surface area contributed by atoms with Gasteiger partial charge in [0.1, 0.15) is 10.7 Å². The summed E-state index contributed by atoms with van der Waals surface area (Å²) in [4.78, 5) is 34.5. The highest BCUT2D eigenvalue weighted by atomic mass is 35.5. The maximum Gasteiger partial charge on any atom is 0.259 e. The second kappa shape index (κ2) is 8.05. The minimum absolute atomic E-state index is 0.0735. The van der Waals surface area contributed by atoms with Crippen molar-refractivity contribution in [2.45, 2.75) is 51.5 Å². The standard InChI is InChI=1S/C21H22ClN3O2S/c1-12(13-6-8-14(22)9-7-13)23-18(26)11-10-17-24-20(27)19-15-4-2-3-5-16(15)28-21(19)25-17/h6-9,12H,2-5,10-11H2,1H3,(H,23,26)(H,24,25,27)/t12-/m1/s1. The summed E-state index contributed by atoms with van der Waals surface area (Å²) >= 11 is 7.53. The molecule has 0 fully saturated rings. The number of carbonyl (C=O) groups excluding carboxylic acids is 1. The molecular weight excluding hydrogens is 394 g/mol. The normalized spacial score (nSPS) is 14.6. The Hall–Kier alpha value is -2.18. The van der Waals surface area contributed by atoms with E-state index in [4.69, 9.17) is 11.6 Å². The largest absolute Gasteiger partial charge is 0.350 e. The first-order valence-corrected chi connectivity index (χ1v) is 10.8. The minimum atomic E-state index is -0.108. The van der Waals surface area contributed by atoms with Gasteiger partial charge >= 0.3 is 0 Å². The summed E-state index contributed by atoms with van der Waals surface area (Å²) in [5.74, 6) is 0.501. The van der Waals surface area contributed by atoms with Crippen LogP contribution < -0.4 is 10.9 Å². The van der Waals surface area contributed by atoms with Gasteiger partial charge in [0, 0.05) is 22.7 Å². The lowest BCUT2D eigenvalue weighted by atomic mass is 9.97. The lowest BCUT2D eigenvalue weighted by Crippen LogP contribution is -2.27. The van der Waals surface area contributed by atoms with E-state index in [1.54, 1.807) is 11.3 Å². The number of fused-ring (bicyclic) bond motifs is 3. The van der Waals surface area contributed by atoms with Crippen LogP contribution in [0, 0.1) is 0 Å². The molecule has 0 aliphatic heterocycles. The fraction of sp³-hybridized carbons (Fsp3) is 0.381. The number of hydrogen-bond acceptors (Lipinski definition) is 4. The number of H-pyrrole nitrogens is 1. The van der Waals surface area contributed by atoms with E-state index in [9.17, 15) is 9.59 Å². The summed E-state index contributed by atoms with van der Waals surface area (Å²) in [6.45, 7) is 1.93. The fourth-order valence-electron chi connectivity index (χ4n) is 3.71. The SMILES string of the molecule is C[C@@H](NC(=O)CCc1nc2sc3c(c2c(=O)[nH]1)CCCC3)c1ccc(Cl)cc1. The topological polar surface area (TPSA) is 74.8 Å². The number of halogens is 1. The van der Waals surface area contributed by atoms with Crippen LogP contribution in [0.5, 0.6) is 0 Å². The molecule has 0 radical (unpaired) electrons. The van der Waals surface area contributed by atoms with Crippen LogP contribution in [0.4, 0.5) is 0 Å². The number of nitrogens with one attached hydrogen (secondary N) is 2. The number of hydrogen-bond donors (Lipinski definition) is 2. The Kier molecular flexibility index (Phi) is 5.51. The molecule has 1 aliphatic carbocycles. The summed E-state index contributed by atoms with van der Waals surface area (Å²) in [5.41, 5.74) is 2.10. The first-order chi connectivity index (χ1) is 13.5. The number of aryl methyl sites for hydroxylation is 3. The van der Waals surface area contributed by atoms with E-state index in [1.165, 1.54) is 16.9 Å². The highest BCUT2D eigenvalue weighted by molar-refractivity contribution is 7.18. The third kappa shape index (κ3) is 3.98. The molecule has 1 aromatic carbocycles. The van der Waals surface area contributed by atoms with Gasteiger partial charge in [-0.05, 0) is 55.9 Å². The molecule has 4 rings (SSSR count). The van der Waals surface area contributed by atoms with Crippen molar-refractivity contribution < 1.29 is 4.79 Å². The van der Waals surface area contributed by atoms with Crippen molar-refractivity contribution in [2.75, 3.05) is 0 Å². The number of benzene rings is 1. The van der Waals surface area contributed by atoms with Crippen LogP contribution >= 0.6 is 22.9 Å². The van der Waals surface area contributed by atoms with Crippen molar-refractivity contribution in [3.05, 3.63) is 61.5 Å². The molecule has 0 bridgehead atoms. The zero-order chi connectivity index (χ0) is 19.7. The summed E-state index contributed by atoms with van der Waals surface area (Å²) in [6.07, 6.45) is 4.99. The predicted molar refractivity (Wildman–Crippen MR) is 113 cm³/mol. The Labute approximate surface area is 172 Å². The van der Waals surface area contributed by atoms with E-state index in [0.29, 0.717) is 17.3 Å². The first-order valence-electron chi connectivity index (χ1n) is 9.59. The average molecular weight is 416 g/mol. The van der Waals surface area contributed by atoms with Gasteiger partial charge in [-0.1, -0.05) is 23.7 Å². The molecule has 2 heterocycles. The Morgan fingerprint density at radius 3 is 2.82 bits per heavy atom. The van der Waals surface area contributed by atoms with E-state index < -0.39 is 0 Å². The number of thiophene rings is 1. The lowest BCUT2D eigenvalue weighted by Gasteiger charge is -2.14. The van der Waals surface area contributed by atoms with E-state index in [2.05, 4.69) is 15.3 Å². The highest BCUT2D eigenvalue weighted by Crippen LogP contribution is 2.33. The van der Waals surface area contributed by atoms with E-state index in [1.807, 2.05) is 31.2 Å². The number of aromatic amines is 1. The van der Waals surface area contributed by atoms with Gasteiger partial charge < -0.3 is 10.3 Å². The Balaban J connectivity index is 1.43. The maximum absolute atomic E-state index is 12.6. The van der Waals surface area contributed by atoms with Crippen molar-refractivity contribution in [1.82, 2.24) is 15.3 Å². The van der Waals surface area contributed by atoms with Crippen molar-refractivity contribution in [1.29, 1.82) is 0 Å². The molecule has 1 aliphatic rings. The molecule has 0 saturated heterocycles. The number of nitrogens with zero attached hydrogens (tertiary/aromatic N) is 1. The molecule has 1 amide bonds. The van der Waals surface area contributed by atoms with Crippen LogP contribution in [0.2, 0.25) is 5.02 Å². The summed E-state index contributed by atoms with van der Waals surface area (Å²) in [5, 5.41) is 4.40. The van der Waals surface area contributed by atoms with Gasteiger partial charge in [-0.2, -0.15) is 0 Å². The average Bonchev–Trinajstić information content (AvgIpc) is 3.05.